The molecule has 0 bridgehead atoms. The lowest BCUT2D eigenvalue weighted by Gasteiger charge is -1.97. The van der Waals surface area contributed by atoms with Gasteiger partial charge in [0.1, 0.15) is 16.6 Å². The molecule has 4 nitrogen and oxygen atoms in total. The van der Waals surface area contributed by atoms with E-state index in [9.17, 15) is 4.79 Å². The van der Waals surface area contributed by atoms with Gasteiger partial charge >= 0.3 is 5.97 Å². The zero-order valence-corrected chi connectivity index (χ0v) is 8.71. The molecule has 0 radical (unpaired) electrons. The van der Waals surface area contributed by atoms with Gasteiger partial charge in [-0.15, -0.1) is 0 Å². The molecule has 0 aliphatic rings. The number of hydrogen-bond donors (Lipinski definition) is 0. The molecular formula is C8H6Cl2N2O2. The van der Waals surface area contributed by atoms with Gasteiger partial charge in [0.2, 0.25) is 0 Å². The molecule has 1 aromatic rings. The predicted molar refractivity (Wildman–Crippen MR) is 53.1 cm³/mol. The van der Waals surface area contributed by atoms with Crippen LogP contribution in [0, 0.1) is 0 Å². The van der Waals surface area contributed by atoms with E-state index in [1.165, 1.54) is 25.6 Å². The Hall–Kier alpha value is -1.13. The fraction of sp³-hybridized carbons (Fsp3) is 0.125. The highest BCUT2D eigenvalue weighted by atomic mass is 35.5. The maximum atomic E-state index is 10.8. The monoisotopic (exact) mass is 232 g/mol. The first-order valence-electron chi connectivity index (χ1n) is 3.57. The first-order valence-corrected chi connectivity index (χ1v) is 4.32. The molecule has 0 saturated carbocycles. The summed E-state index contributed by atoms with van der Waals surface area (Å²) >= 11 is 11.4. The summed E-state index contributed by atoms with van der Waals surface area (Å²) in [5.74, 6) is -0.499. The van der Waals surface area contributed by atoms with E-state index in [2.05, 4.69) is 14.7 Å². The number of ether oxygens (including phenoxy) is 1. The van der Waals surface area contributed by atoms with Crippen molar-refractivity contribution in [3.8, 4) is 0 Å². The van der Waals surface area contributed by atoms with Crippen molar-refractivity contribution in [3.63, 3.8) is 0 Å². The van der Waals surface area contributed by atoms with Crippen LogP contribution in [0.2, 0.25) is 10.3 Å². The van der Waals surface area contributed by atoms with Crippen LogP contribution in [-0.2, 0) is 9.53 Å². The summed E-state index contributed by atoms with van der Waals surface area (Å²) in [6.07, 6.45) is 3.83. The topological polar surface area (TPSA) is 52.1 Å². The summed E-state index contributed by atoms with van der Waals surface area (Å²) in [6.45, 7) is 0. The fourth-order valence-electron chi connectivity index (χ4n) is 0.711. The van der Waals surface area contributed by atoms with E-state index in [-0.39, 0.29) is 10.3 Å². The largest absolute Gasteiger partial charge is 0.466 e. The normalized spacial score (nSPS) is 10.5. The molecule has 0 saturated heterocycles. The van der Waals surface area contributed by atoms with Crippen molar-refractivity contribution in [1.29, 1.82) is 0 Å². The van der Waals surface area contributed by atoms with Crippen molar-refractivity contribution in [1.82, 2.24) is 9.97 Å². The molecule has 0 unspecified atom stereocenters. The molecule has 6 heteroatoms. The van der Waals surface area contributed by atoms with E-state index in [0.717, 1.165) is 0 Å². The number of nitrogens with zero attached hydrogens (tertiary/aromatic N) is 2. The van der Waals surface area contributed by atoms with Gasteiger partial charge in [-0.2, -0.15) is 0 Å². The quantitative estimate of drug-likeness (QED) is 0.445. The molecule has 74 valence electrons. The van der Waals surface area contributed by atoms with Gasteiger partial charge in [0, 0.05) is 11.6 Å². The molecule has 0 amide bonds. The van der Waals surface area contributed by atoms with Crippen LogP contribution in [0.4, 0.5) is 0 Å². The number of aromatic nitrogens is 2. The van der Waals surface area contributed by atoms with E-state index in [1.807, 2.05) is 0 Å². The van der Waals surface area contributed by atoms with Crippen molar-refractivity contribution in [2.75, 3.05) is 7.11 Å². The minimum atomic E-state index is -0.499. The van der Waals surface area contributed by atoms with Gasteiger partial charge in [0.05, 0.1) is 7.11 Å². The molecule has 0 N–H and O–H groups in total. The van der Waals surface area contributed by atoms with Gasteiger partial charge in [-0.05, 0) is 6.08 Å². The van der Waals surface area contributed by atoms with E-state index in [4.69, 9.17) is 23.2 Å². The summed E-state index contributed by atoms with van der Waals surface area (Å²) in [5.41, 5.74) is 0.390. The van der Waals surface area contributed by atoms with Crippen LogP contribution in [0.25, 0.3) is 6.08 Å². The predicted octanol–water partition coefficient (Wildman–Crippen LogP) is 1.97. The summed E-state index contributed by atoms with van der Waals surface area (Å²) in [4.78, 5) is 18.2. The zero-order valence-electron chi connectivity index (χ0n) is 7.20. The molecule has 1 aromatic heterocycles. The highest BCUT2D eigenvalue weighted by Crippen LogP contribution is 2.20. The highest BCUT2D eigenvalue weighted by molar-refractivity contribution is 6.35. The molecule has 0 aliphatic heterocycles. The average molecular weight is 233 g/mol. The third kappa shape index (κ3) is 2.68. The van der Waals surface area contributed by atoms with Crippen molar-refractivity contribution in [2.45, 2.75) is 0 Å². The Bertz CT molecular complexity index is 359. The van der Waals surface area contributed by atoms with E-state index in [1.54, 1.807) is 0 Å². The second-order valence-electron chi connectivity index (χ2n) is 2.23. The lowest BCUT2D eigenvalue weighted by atomic mass is 10.3. The number of esters is 1. The van der Waals surface area contributed by atoms with Crippen molar-refractivity contribution in [3.05, 3.63) is 28.3 Å². The number of hydrogen-bond acceptors (Lipinski definition) is 4. The molecule has 14 heavy (non-hydrogen) atoms. The van der Waals surface area contributed by atoms with Crippen molar-refractivity contribution in [2.24, 2.45) is 0 Å². The first kappa shape index (κ1) is 10.9. The third-order valence-corrected chi connectivity index (χ3v) is 1.98. The van der Waals surface area contributed by atoms with Crippen LogP contribution in [0.3, 0.4) is 0 Å². The standard InChI is InChI=1S/C8H6Cl2N2O2/c1-14-6(13)3-2-5-7(9)11-4-12-8(5)10/h2-4H,1H3/b3-2-. The number of halogens is 2. The van der Waals surface area contributed by atoms with Crippen molar-refractivity contribution < 1.29 is 9.53 Å². The SMILES string of the molecule is COC(=O)/C=C\c1c(Cl)ncnc1Cl. The van der Waals surface area contributed by atoms with Gasteiger partial charge < -0.3 is 4.74 Å². The number of methoxy groups -OCH3 is 1. The van der Waals surface area contributed by atoms with Crippen molar-refractivity contribution >= 4 is 35.2 Å². The van der Waals surface area contributed by atoms with Crippen LogP contribution in [0.5, 0.6) is 0 Å². The highest BCUT2D eigenvalue weighted by Gasteiger charge is 2.04. The molecule has 0 spiro atoms. The van der Waals surface area contributed by atoms with Crippen LogP contribution in [0.1, 0.15) is 5.56 Å². The smallest absolute Gasteiger partial charge is 0.330 e. The van der Waals surface area contributed by atoms with Gasteiger partial charge in [0.25, 0.3) is 0 Å². The summed E-state index contributed by atoms with van der Waals surface area (Å²) in [5, 5.41) is 0.371. The Labute approximate surface area is 90.5 Å². The van der Waals surface area contributed by atoms with E-state index in [0.29, 0.717) is 5.56 Å². The fourth-order valence-corrected chi connectivity index (χ4v) is 1.15. The molecule has 0 atom stereocenters. The zero-order chi connectivity index (χ0) is 10.6. The van der Waals surface area contributed by atoms with Crippen LogP contribution >= 0.6 is 23.2 Å². The minimum Gasteiger partial charge on any atom is -0.466 e. The maximum Gasteiger partial charge on any atom is 0.330 e. The lowest BCUT2D eigenvalue weighted by Crippen LogP contribution is -1.94. The third-order valence-electron chi connectivity index (χ3n) is 1.37. The van der Waals surface area contributed by atoms with Crippen LogP contribution < -0.4 is 0 Å². The Balaban J connectivity index is 2.96. The van der Waals surface area contributed by atoms with Gasteiger partial charge in [-0.25, -0.2) is 14.8 Å². The second-order valence-corrected chi connectivity index (χ2v) is 2.94. The van der Waals surface area contributed by atoms with Crippen LogP contribution in [-0.4, -0.2) is 23.0 Å². The summed E-state index contributed by atoms with van der Waals surface area (Å²) in [6, 6.07) is 0. The van der Waals surface area contributed by atoms with Gasteiger partial charge in [-0.3, -0.25) is 0 Å². The molecule has 1 rings (SSSR count). The van der Waals surface area contributed by atoms with E-state index >= 15 is 0 Å². The number of carbonyl (C=O) groups excluding carboxylic acids is 1. The molecule has 0 aromatic carbocycles. The summed E-state index contributed by atoms with van der Waals surface area (Å²) in [7, 11) is 1.28. The maximum absolute atomic E-state index is 10.8. The molecular weight excluding hydrogens is 227 g/mol. The number of rotatable bonds is 2. The molecule has 0 fully saturated rings. The first-order chi connectivity index (χ1) is 6.65. The Kier molecular flexibility index (Phi) is 3.85. The molecule has 0 aliphatic carbocycles. The van der Waals surface area contributed by atoms with Gasteiger partial charge in [0.15, 0.2) is 0 Å². The Morgan fingerprint density at radius 1 is 1.43 bits per heavy atom. The van der Waals surface area contributed by atoms with Gasteiger partial charge in [-0.1, -0.05) is 23.2 Å². The average Bonchev–Trinajstić information content (AvgIpc) is 2.16. The minimum absolute atomic E-state index is 0.185. The lowest BCUT2D eigenvalue weighted by molar-refractivity contribution is -0.134. The Morgan fingerprint density at radius 2 is 2.00 bits per heavy atom. The summed E-state index contributed by atoms with van der Waals surface area (Å²) < 4.78 is 4.40. The molecule has 1 heterocycles. The van der Waals surface area contributed by atoms with Crippen LogP contribution in [0.15, 0.2) is 12.4 Å². The second kappa shape index (κ2) is 4.93. The van der Waals surface area contributed by atoms with E-state index < -0.39 is 5.97 Å². The Morgan fingerprint density at radius 3 is 2.50 bits per heavy atom. The number of carbonyl (C=O) groups is 1.